The molecule has 0 amide bonds. The van der Waals surface area contributed by atoms with Crippen molar-refractivity contribution in [3.05, 3.63) is 96.4 Å². The van der Waals surface area contributed by atoms with Gasteiger partial charge in [-0.25, -0.2) is 4.39 Å². The maximum Gasteiger partial charge on any atom is 0.271 e. The summed E-state index contributed by atoms with van der Waals surface area (Å²) in [5, 5.41) is 11.8. The first kappa shape index (κ1) is 20.0. The Balaban J connectivity index is 1.71. The van der Waals surface area contributed by atoms with Crippen molar-refractivity contribution in [1.29, 1.82) is 0 Å². The van der Waals surface area contributed by atoms with Crippen LogP contribution < -0.4 is 20.9 Å². The van der Waals surface area contributed by atoms with Crippen LogP contribution in [-0.4, -0.2) is 24.4 Å². The summed E-state index contributed by atoms with van der Waals surface area (Å²) in [6.45, 7) is 3.97. The summed E-state index contributed by atoms with van der Waals surface area (Å²) < 4.78 is 26.6. The average Bonchev–Trinajstić information content (AvgIpc) is 3.46. The summed E-state index contributed by atoms with van der Waals surface area (Å²) in [4.78, 5) is 12.6. The average molecular weight is 447 g/mol. The molecule has 3 aromatic heterocycles. The van der Waals surface area contributed by atoms with E-state index in [4.69, 9.17) is 4.74 Å². The number of halogens is 1. The lowest BCUT2D eigenvalue weighted by molar-refractivity contribution is 0.303. The normalized spacial score (nSPS) is 13.1. The second-order valence-electron chi connectivity index (χ2n) is 7.29. The maximum atomic E-state index is 14.1. The zero-order valence-corrected chi connectivity index (χ0v) is 17.9. The summed E-state index contributed by atoms with van der Waals surface area (Å²) in [5.41, 5.74) is 1.92. The number of fused-ring (bicyclic) bond motifs is 1. The first-order valence-corrected chi connectivity index (χ1v) is 10.5. The van der Waals surface area contributed by atoms with Crippen LogP contribution in [0.3, 0.4) is 0 Å². The van der Waals surface area contributed by atoms with E-state index < -0.39 is 0 Å². The van der Waals surface area contributed by atoms with Crippen molar-refractivity contribution < 1.29 is 9.13 Å². The van der Waals surface area contributed by atoms with Gasteiger partial charge in [0.25, 0.3) is 5.56 Å². The quantitative estimate of drug-likeness (QED) is 0.443. The number of hydrogen-bond donors (Lipinski definition) is 2. The number of benzene rings is 2. The first-order valence-electron chi connectivity index (χ1n) is 9.77. The standard InChI is InChI=1S/C23H18FN5O2S/c1-13-22(32-28-25-13)21-16(23(30)27-26-21)10-15-11-29(2)18-8-5-9-19(20(15)18)31-12-14-6-3-4-7-17(14)24/h3-11,26H,1,12H2,2H3,(H,27,30)/b16-10-,22-21-. The molecule has 9 heteroatoms. The van der Waals surface area contributed by atoms with Gasteiger partial charge in [0, 0.05) is 29.8 Å². The molecule has 0 spiro atoms. The van der Waals surface area contributed by atoms with Gasteiger partial charge >= 0.3 is 0 Å². The lowest BCUT2D eigenvalue weighted by Crippen LogP contribution is -2.22. The number of aromatic nitrogens is 5. The largest absolute Gasteiger partial charge is 0.488 e. The van der Waals surface area contributed by atoms with Crippen LogP contribution in [0, 0.1) is 15.7 Å². The van der Waals surface area contributed by atoms with Crippen LogP contribution in [0.5, 0.6) is 5.75 Å². The Labute approximate surface area is 184 Å². The van der Waals surface area contributed by atoms with E-state index in [1.165, 1.54) is 6.07 Å². The van der Waals surface area contributed by atoms with E-state index in [0.29, 0.717) is 31.8 Å². The van der Waals surface area contributed by atoms with Gasteiger partial charge in [0.1, 0.15) is 28.1 Å². The number of hydrogen-bond acceptors (Lipinski definition) is 5. The Morgan fingerprint density at radius 1 is 1.22 bits per heavy atom. The van der Waals surface area contributed by atoms with E-state index in [1.54, 1.807) is 24.3 Å². The molecular weight excluding hydrogens is 429 g/mol. The molecule has 3 heterocycles. The summed E-state index contributed by atoms with van der Waals surface area (Å²) >= 11 is 1.16. The Kier molecular flexibility index (Phi) is 4.95. The molecule has 0 saturated carbocycles. The number of nitrogens with zero attached hydrogens (tertiary/aromatic N) is 3. The zero-order valence-electron chi connectivity index (χ0n) is 17.1. The Bertz CT molecular complexity index is 1710. The number of nitrogens with one attached hydrogen (secondary N) is 2. The predicted octanol–water partition coefficient (Wildman–Crippen LogP) is 2.29. The lowest BCUT2D eigenvalue weighted by atomic mass is 10.1. The van der Waals surface area contributed by atoms with Gasteiger partial charge < -0.3 is 9.30 Å². The van der Waals surface area contributed by atoms with E-state index >= 15 is 0 Å². The van der Waals surface area contributed by atoms with E-state index in [1.807, 2.05) is 36.0 Å². The van der Waals surface area contributed by atoms with Crippen molar-refractivity contribution in [2.75, 3.05) is 0 Å². The van der Waals surface area contributed by atoms with Crippen molar-refractivity contribution in [2.24, 2.45) is 7.05 Å². The molecule has 0 radical (unpaired) electrons. The minimum atomic E-state index is -0.315. The molecule has 32 heavy (non-hydrogen) atoms. The maximum absolute atomic E-state index is 14.1. The van der Waals surface area contributed by atoms with Crippen LogP contribution in [0.2, 0.25) is 0 Å². The molecule has 5 rings (SSSR count). The van der Waals surface area contributed by atoms with Crippen molar-refractivity contribution in [1.82, 2.24) is 24.4 Å². The summed E-state index contributed by atoms with van der Waals surface area (Å²) in [6.07, 6.45) is 3.72. The van der Waals surface area contributed by atoms with Crippen molar-refractivity contribution in [3.63, 3.8) is 0 Å². The van der Waals surface area contributed by atoms with Crippen molar-refractivity contribution in [3.8, 4) is 5.75 Å². The Morgan fingerprint density at radius 2 is 2.06 bits per heavy atom. The van der Waals surface area contributed by atoms with Crippen LogP contribution >= 0.6 is 11.5 Å². The Morgan fingerprint density at radius 3 is 2.84 bits per heavy atom. The molecule has 0 aliphatic heterocycles. The third-order valence-electron chi connectivity index (χ3n) is 5.24. The van der Waals surface area contributed by atoms with Gasteiger partial charge in [-0.1, -0.05) is 35.3 Å². The second kappa shape index (κ2) is 7.93. The number of aromatic amines is 2. The highest BCUT2D eigenvalue weighted by Crippen LogP contribution is 2.31. The molecule has 0 fully saturated rings. The lowest BCUT2D eigenvalue weighted by Gasteiger charge is -2.09. The van der Waals surface area contributed by atoms with E-state index in [9.17, 15) is 9.18 Å². The van der Waals surface area contributed by atoms with Crippen LogP contribution in [-0.2, 0) is 13.7 Å². The van der Waals surface area contributed by atoms with E-state index in [2.05, 4.69) is 26.4 Å². The number of rotatable bonds is 4. The minimum absolute atomic E-state index is 0.0908. The topological polar surface area (TPSA) is 88.6 Å². The molecule has 0 saturated heterocycles. The van der Waals surface area contributed by atoms with Crippen LogP contribution in [0.25, 0.3) is 23.6 Å². The monoisotopic (exact) mass is 447 g/mol. The number of aryl methyl sites for hydroxylation is 1. The highest BCUT2D eigenvalue weighted by atomic mass is 32.1. The highest BCUT2D eigenvalue weighted by Gasteiger charge is 2.12. The van der Waals surface area contributed by atoms with Gasteiger partial charge in [-0.3, -0.25) is 15.0 Å². The van der Waals surface area contributed by atoms with E-state index in [0.717, 1.165) is 28.0 Å². The smallest absolute Gasteiger partial charge is 0.271 e. The molecule has 2 N–H and O–H groups in total. The zero-order chi connectivity index (χ0) is 22.2. The van der Waals surface area contributed by atoms with Gasteiger partial charge in [0.15, 0.2) is 0 Å². The summed E-state index contributed by atoms with van der Waals surface area (Å²) in [7, 11) is 1.92. The van der Waals surface area contributed by atoms with Gasteiger partial charge in [-0.05, 0) is 35.8 Å². The molecule has 160 valence electrons. The highest BCUT2D eigenvalue weighted by molar-refractivity contribution is 7.03. The van der Waals surface area contributed by atoms with Crippen LogP contribution in [0.1, 0.15) is 11.1 Å². The number of ether oxygens (including phenoxy) is 1. The fourth-order valence-electron chi connectivity index (χ4n) is 3.69. The van der Waals surface area contributed by atoms with Gasteiger partial charge in [0.2, 0.25) is 0 Å². The van der Waals surface area contributed by atoms with Crippen molar-refractivity contribution >= 4 is 35.1 Å². The SMILES string of the molecule is C=c1nns/c1=c1\[nH][nH]c(=O)\c1=C/c1cn(C)c2cccc(OCc3ccccc3F)c12. The molecule has 0 unspecified atom stereocenters. The molecule has 7 nitrogen and oxygen atoms in total. The Hall–Kier alpha value is -3.98. The molecule has 5 aromatic rings. The molecular formula is C23H18FN5O2S. The van der Waals surface area contributed by atoms with E-state index in [-0.39, 0.29) is 18.0 Å². The van der Waals surface area contributed by atoms with Crippen LogP contribution in [0.4, 0.5) is 4.39 Å². The molecule has 0 aliphatic carbocycles. The van der Waals surface area contributed by atoms with Gasteiger partial charge in [0.05, 0.1) is 16.1 Å². The van der Waals surface area contributed by atoms with Gasteiger partial charge in [-0.2, -0.15) is 0 Å². The third kappa shape index (κ3) is 3.42. The predicted molar refractivity (Wildman–Crippen MR) is 121 cm³/mol. The molecule has 0 bridgehead atoms. The summed E-state index contributed by atoms with van der Waals surface area (Å²) in [5.74, 6) is 0.286. The second-order valence-corrected chi connectivity index (χ2v) is 8.04. The molecule has 2 aromatic carbocycles. The summed E-state index contributed by atoms with van der Waals surface area (Å²) in [6, 6.07) is 12.2. The molecule has 0 aliphatic rings. The van der Waals surface area contributed by atoms with Crippen molar-refractivity contribution in [2.45, 2.75) is 6.61 Å². The number of H-pyrrole nitrogens is 2. The van der Waals surface area contributed by atoms with Crippen LogP contribution in [0.15, 0.2) is 53.5 Å². The van der Waals surface area contributed by atoms with Gasteiger partial charge in [-0.15, -0.1) is 5.10 Å². The fourth-order valence-corrected chi connectivity index (χ4v) is 4.30. The first-order chi connectivity index (χ1) is 15.5. The minimum Gasteiger partial charge on any atom is -0.488 e. The molecule has 0 atom stereocenters. The fraction of sp³-hybridized carbons (Fsp3) is 0.0870. The third-order valence-corrected chi connectivity index (χ3v) is 6.03.